The molecule has 0 aliphatic rings. The van der Waals surface area contributed by atoms with Gasteiger partial charge in [-0.25, -0.2) is 4.98 Å². The van der Waals surface area contributed by atoms with Crippen LogP contribution in [0.4, 0.5) is 17.5 Å². The van der Waals surface area contributed by atoms with Crippen molar-refractivity contribution in [2.75, 3.05) is 23.7 Å². The zero-order valence-electron chi connectivity index (χ0n) is 12.1. The highest BCUT2D eigenvalue weighted by Gasteiger charge is 2.05. The van der Waals surface area contributed by atoms with Gasteiger partial charge in [-0.2, -0.15) is 4.98 Å². The minimum absolute atomic E-state index is 0.540. The quantitative estimate of drug-likeness (QED) is 0.410. The summed E-state index contributed by atoms with van der Waals surface area (Å²) in [7, 11) is 0. The molecular formula is C14H19BrN6S. The van der Waals surface area contributed by atoms with Crippen LogP contribution in [0.15, 0.2) is 39.8 Å². The second-order valence-electron chi connectivity index (χ2n) is 4.58. The molecule has 0 saturated carbocycles. The predicted molar refractivity (Wildman–Crippen MR) is 96.3 cm³/mol. The average Bonchev–Trinajstić information content (AvgIpc) is 2.55. The van der Waals surface area contributed by atoms with E-state index in [9.17, 15) is 0 Å². The fraction of sp³-hybridized carbons (Fsp3) is 0.286. The van der Waals surface area contributed by atoms with Gasteiger partial charge < -0.3 is 16.4 Å². The van der Waals surface area contributed by atoms with Crippen molar-refractivity contribution in [2.45, 2.75) is 17.7 Å². The van der Waals surface area contributed by atoms with Crippen molar-refractivity contribution in [2.24, 2.45) is 10.9 Å². The molecule has 0 saturated heterocycles. The van der Waals surface area contributed by atoms with Gasteiger partial charge in [-0.1, -0.05) is 0 Å². The maximum atomic E-state index is 5.51. The number of rotatable bonds is 8. The summed E-state index contributed by atoms with van der Waals surface area (Å²) < 4.78 is 0.834. The monoisotopic (exact) mass is 382 g/mol. The smallest absolute Gasteiger partial charge is 0.229 e. The van der Waals surface area contributed by atoms with E-state index in [0.717, 1.165) is 40.3 Å². The Bertz CT molecular complexity index is 592. The van der Waals surface area contributed by atoms with Crippen LogP contribution in [0.25, 0.3) is 0 Å². The van der Waals surface area contributed by atoms with E-state index in [0.29, 0.717) is 12.5 Å². The highest BCUT2D eigenvalue weighted by atomic mass is 79.9. The van der Waals surface area contributed by atoms with E-state index in [4.69, 9.17) is 10.9 Å². The first-order valence-electron chi connectivity index (χ1n) is 6.93. The van der Waals surface area contributed by atoms with Crippen LogP contribution in [-0.2, 0) is 0 Å². The first-order chi connectivity index (χ1) is 10.7. The number of nitrogens with zero attached hydrogens (tertiary/aromatic N) is 2. The summed E-state index contributed by atoms with van der Waals surface area (Å²) in [5.74, 6) is 1.31. The molecule has 118 valence electrons. The molecule has 22 heavy (non-hydrogen) atoms. The third-order valence-electron chi connectivity index (χ3n) is 2.91. The normalized spacial score (nSPS) is 10.5. The molecule has 0 amide bonds. The summed E-state index contributed by atoms with van der Waals surface area (Å²) in [5.41, 5.74) is 6.40. The first-order valence-corrected chi connectivity index (χ1v) is 8.60. The van der Waals surface area contributed by atoms with Crippen LogP contribution in [0.3, 0.4) is 0 Å². The van der Waals surface area contributed by atoms with Gasteiger partial charge in [0.05, 0.1) is 4.47 Å². The van der Waals surface area contributed by atoms with Gasteiger partial charge in [0.15, 0.2) is 0 Å². The molecule has 0 unspecified atom stereocenters. The second-order valence-corrected chi connectivity index (χ2v) is 6.14. The molecule has 6 nitrogen and oxygen atoms in total. The second kappa shape index (κ2) is 8.94. The van der Waals surface area contributed by atoms with Crippen molar-refractivity contribution in [3.63, 3.8) is 0 Å². The lowest BCUT2D eigenvalue weighted by Gasteiger charge is -2.10. The highest BCUT2D eigenvalue weighted by Crippen LogP contribution is 2.23. The molecule has 1 heterocycles. The fourth-order valence-corrected chi connectivity index (χ4v) is 2.40. The Morgan fingerprint density at radius 3 is 2.64 bits per heavy atom. The van der Waals surface area contributed by atoms with Crippen molar-refractivity contribution in [3.05, 3.63) is 34.9 Å². The van der Waals surface area contributed by atoms with Crippen LogP contribution in [0, 0.1) is 0 Å². The number of aromatic nitrogens is 2. The zero-order chi connectivity index (χ0) is 15.8. The Hall–Kier alpha value is -1.35. The molecule has 8 heteroatoms. The molecule has 0 bridgehead atoms. The van der Waals surface area contributed by atoms with Crippen LogP contribution in [0.1, 0.15) is 12.8 Å². The van der Waals surface area contributed by atoms with Crippen LogP contribution in [0.5, 0.6) is 0 Å². The summed E-state index contributed by atoms with van der Waals surface area (Å²) in [6.07, 6.45) is 3.73. The summed E-state index contributed by atoms with van der Waals surface area (Å²) in [4.78, 5) is 9.73. The molecule has 0 atom stereocenters. The van der Waals surface area contributed by atoms with E-state index >= 15 is 0 Å². The summed E-state index contributed by atoms with van der Waals surface area (Å²) >= 11 is 4.66. The average molecular weight is 383 g/mol. The first kappa shape index (κ1) is 17.0. The third-order valence-corrected chi connectivity index (χ3v) is 4.04. The van der Waals surface area contributed by atoms with E-state index in [1.165, 1.54) is 11.9 Å². The van der Waals surface area contributed by atoms with Crippen LogP contribution >= 0.6 is 27.9 Å². The minimum atomic E-state index is 0.540. The van der Waals surface area contributed by atoms with Gasteiger partial charge in [0.1, 0.15) is 5.82 Å². The Morgan fingerprint density at radius 1 is 1.18 bits per heavy atom. The number of benzene rings is 1. The van der Waals surface area contributed by atoms with Gasteiger partial charge in [0.25, 0.3) is 0 Å². The fourth-order valence-electron chi connectivity index (χ4n) is 1.77. The minimum Gasteiger partial charge on any atom is -0.369 e. The van der Waals surface area contributed by atoms with Crippen molar-refractivity contribution >= 4 is 45.3 Å². The van der Waals surface area contributed by atoms with Crippen molar-refractivity contribution in [1.29, 1.82) is 0 Å². The van der Waals surface area contributed by atoms with E-state index in [2.05, 4.69) is 36.5 Å². The Labute approximate surface area is 142 Å². The number of unbranched alkanes of at least 4 members (excludes halogenated alkanes) is 1. The molecular weight excluding hydrogens is 364 g/mol. The molecule has 0 aliphatic heterocycles. The summed E-state index contributed by atoms with van der Waals surface area (Å²) in [5, 5.41) is 12.0. The molecule has 1 aromatic carbocycles. The van der Waals surface area contributed by atoms with Gasteiger partial charge >= 0.3 is 0 Å². The van der Waals surface area contributed by atoms with Crippen molar-refractivity contribution < 1.29 is 0 Å². The molecule has 0 fully saturated rings. The third kappa shape index (κ3) is 5.13. The summed E-state index contributed by atoms with van der Waals surface area (Å²) in [6, 6.07) is 7.76. The Morgan fingerprint density at radius 2 is 1.95 bits per heavy atom. The predicted octanol–water partition coefficient (Wildman–Crippen LogP) is 3.10. The van der Waals surface area contributed by atoms with E-state index in [-0.39, 0.29) is 0 Å². The topological polar surface area (TPSA) is 102 Å². The van der Waals surface area contributed by atoms with Crippen molar-refractivity contribution in [1.82, 2.24) is 9.97 Å². The standard InChI is InChI=1S/C14H19BrN6S/c15-12-9-19-14(21-13(12)18-8-2-1-7-16)20-10-3-5-11(22-17)6-4-10/h3-6,9H,1-2,7-8,16-17H2,(H2,18,19,20,21). The zero-order valence-corrected chi connectivity index (χ0v) is 14.5. The maximum absolute atomic E-state index is 5.51. The van der Waals surface area contributed by atoms with E-state index < -0.39 is 0 Å². The number of hydrogen-bond donors (Lipinski definition) is 4. The lowest BCUT2D eigenvalue weighted by molar-refractivity contribution is 0.772. The molecule has 6 N–H and O–H groups in total. The van der Waals surface area contributed by atoms with E-state index in [1.807, 2.05) is 24.3 Å². The van der Waals surface area contributed by atoms with Gasteiger partial charge in [0, 0.05) is 23.3 Å². The maximum Gasteiger partial charge on any atom is 0.229 e. The number of nitrogens with one attached hydrogen (secondary N) is 2. The number of halogens is 1. The molecule has 0 spiro atoms. The summed E-state index contributed by atoms with van der Waals surface area (Å²) in [6.45, 7) is 1.53. The van der Waals surface area contributed by atoms with Gasteiger partial charge in [-0.05, 0) is 71.5 Å². The molecule has 2 rings (SSSR count). The van der Waals surface area contributed by atoms with Gasteiger partial charge in [-0.15, -0.1) is 0 Å². The highest BCUT2D eigenvalue weighted by molar-refractivity contribution is 9.10. The lowest BCUT2D eigenvalue weighted by Crippen LogP contribution is -2.08. The van der Waals surface area contributed by atoms with Crippen LogP contribution < -0.4 is 21.5 Å². The van der Waals surface area contributed by atoms with Crippen LogP contribution in [-0.4, -0.2) is 23.1 Å². The number of hydrogen-bond acceptors (Lipinski definition) is 7. The Balaban J connectivity index is 2.01. The van der Waals surface area contributed by atoms with E-state index in [1.54, 1.807) is 6.20 Å². The number of anilines is 3. The largest absolute Gasteiger partial charge is 0.369 e. The molecule has 1 aromatic heterocycles. The number of nitrogens with two attached hydrogens (primary N) is 2. The van der Waals surface area contributed by atoms with Gasteiger partial charge in [0.2, 0.25) is 5.95 Å². The Kier molecular flexibility index (Phi) is 6.91. The van der Waals surface area contributed by atoms with Gasteiger partial charge in [-0.3, -0.25) is 5.14 Å². The SMILES string of the molecule is NCCCCNc1nc(Nc2ccc(SN)cc2)ncc1Br. The van der Waals surface area contributed by atoms with Crippen LogP contribution in [0.2, 0.25) is 0 Å². The lowest BCUT2D eigenvalue weighted by atomic mass is 10.3. The molecule has 2 aromatic rings. The molecule has 0 radical (unpaired) electrons. The molecule has 0 aliphatic carbocycles. The van der Waals surface area contributed by atoms with Crippen molar-refractivity contribution in [3.8, 4) is 0 Å².